The van der Waals surface area contributed by atoms with Crippen LogP contribution in [0, 0.1) is 5.82 Å². The van der Waals surface area contributed by atoms with Crippen LogP contribution in [0.2, 0.25) is 0 Å². The lowest BCUT2D eigenvalue weighted by atomic mass is 10.1. The molecule has 0 fully saturated rings. The summed E-state index contributed by atoms with van der Waals surface area (Å²) < 4.78 is 19.3. The second-order valence-corrected chi connectivity index (χ2v) is 7.90. The average Bonchev–Trinajstić information content (AvgIpc) is 3.43. The van der Waals surface area contributed by atoms with Crippen LogP contribution >= 0.6 is 0 Å². The molecule has 0 aliphatic carbocycles. The Morgan fingerprint density at radius 3 is 2.81 bits per heavy atom. The molecule has 2 aromatic heterocycles. The van der Waals surface area contributed by atoms with E-state index in [0.717, 1.165) is 24.0 Å². The zero-order valence-corrected chi connectivity index (χ0v) is 18.3. The topological polar surface area (TPSA) is 65.4 Å². The molecule has 4 aromatic rings. The van der Waals surface area contributed by atoms with Crippen molar-refractivity contribution in [2.75, 3.05) is 20.1 Å². The second-order valence-electron chi connectivity index (χ2n) is 7.90. The summed E-state index contributed by atoms with van der Waals surface area (Å²) in [5, 5.41) is 1.20. The van der Waals surface area contributed by atoms with E-state index in [0.29, 0.717) is 31.2 Å². The van der Waals surface area contributed by atoms with E-state index < -0.39 is 0 Å². The summed E-state index contributed by atoms with van der Waals surface area (Å²) in [6, 6.07) is 14.8. The first-order valence-corrected chi connectivity index (χ1v) is 10.7. The van der Waals surface area contributed by atoms with Gasteiger partial charge in [-0.3, -0.25) is 9.69 Å². The van der Waals surface area contributed by atoms with Gasteiger partial charge in [0.2, 0.25) is 5.89 Å². The molecule has 0 spiro atoms. The van der Waals surface area contributed by atoms with Crippen molar-refractivity contribution in [3.05, 3.63) is 89.5 Å². The van der Waals surface area contributed by atoms with Crippen LogP contribution in [0.1, 0.15) is 34.4 Å². The van der Waals surface area contributed by atoms with Crippen LogP contribution in [0.15, 0.2) is 65.4 Å². The molecule has 0 bridgehead atoms. The van der Waals surface area contributed by atoms with E-state index in [1.165, 1.54) is 23.3 Å². The van der Waals surface area contributed by atoms with E-state index in [4.69, 9.17) is 4.42 Å². The van der Waals surface area contributed by atoms with E-state index >= 15 is 0 Å². The summed E-state index contributed by atoms with van der Waals surface area (Å²) in [5.41, 5.74) is 3.50. The van der Waals surface area contributed by atoms with E-state index in [2.05, 4.69) is 27.0 Å². The summed E-state index contributed by atoms with van der Waals surface area (Å²) in [6.45, 7) is 4.18. The van der Waals surface area contributed by atoms with Gasteiger partial charge in [-0.15, -0.1) is 0 Å². The van der Waals surface area contributed by atoms with Crippen LogP contribution in [0.25, 0.3) is 10.9 Å². The van der Waals surface area contributed by atoms with Crippen LogP contribution in [0.3, 0.4) is 0 Å². The van der Waals surface area contributed by atoms with Crippen LogP contribution in [-0.2, 0) is 19.5 Å². The Balaban J connectivity index is 1.51. The smallest absolute Gasteiger partial charge is 0.275 e. The highest BCUT2D eigenvalue weighted by molar-refractivity contribution is 5.91. The van der Waals surface area contributed by atoms with E-state index in [1.807, 2.05) is 31.3 Å². The minimum absolute atomic E-state index is 0.169. The number of oxazole rings is 1. The average molecular weight is 435 g/mol. The Kier molecular flexibility index (Phi) is 6.66. The van der Waals surface area contributed by atoms with Crippen LogP contribution < -0.4 is 0 Å². The zero-order chi connectivity index (χ0) is 22.5. The first-order valence-electron chi connectivity index (χ1n) is 10.7. The Hall–Kier alpha value is -3.45. The van der Waals surface area contributed by atoms with Crippen LogP contribution in [0.4, 0.5) is 4.39 Å². The van der Waals surface area contributed by atoms with Gasteiger partial charge in [0.1, 0.15) is 12.1 Å². The third kappa shape index (κ3) is 5.06. The van der Waals surface area contributed by atoms with Gasteiger partial charge >= 0.3 is 0 Å². The van der Waals surface area contributed by atoms with Gasteiger partial charge in [0, 0.05) is 43.8 Å². The largest absolute Gasteiger partial charge is 0.447 e. The van der Waals surface area contributed by atoms with Crippen molar-refractivity contribution in [3.63, 3.8) is 0 Å². The third-order valence-corrected chi connectivity index (χ3v) is 5.62. The molecule has 2 heterocycles. The summed E-state index contributed by atoms with van der Waals surface area (Å²) >= 11 is 0. The number of para-hydroxylation sites is 1. The number of nitrogens with one attached hydrogen (secondary N) is 1. The fourth-order valence-electron chi connectivity index (χ4n) is 3.74. The molecule has 0 radical (unpaired) electrons. The lowest BCUT2D eigenvalue weighted by Crippen LogP contribution is -2.27. The molecule has 4 rings (SSSR count). The summed E-state index contributed by atoms with van der Waals surface area (Å²) in [5.74, 6) is 0.0387. The predicted molar refractivity (Wildman–Crippen MR) is 122 cm³/mol. The molecule has 32 heavy (non-hydrogen) atoms. The number of rotatable bonds is 9. The number of aromatic nitrogens is 2. The molecule has 6 nitrogen and oxygen atoms in total. The number of carbonyl (C=O) groups excluding carboxylic acids is 1. The maximum atomic E-state index is 13.7. The Morgan fingerprint density at radius 2 is 2.00 bits per heavy atom. The molecular weight excluding hydrogens is 407 g/mol. The molecule has 0 atom stereocenters. The maximum Gasteiger partial charge on any atom is 0.275 e. The molecule has 1 N–H and O–H groups in total. The number of hydrogen-bond acceptors (Lipinski definition) is 4. The molecule has 1 amide bonds. The number of amides is 1. The molecule has 0 unspecified atom stereocenters. The van der Waals surface area contributed by atoms with Crippen LogP contribution in [0.5, 0.6) is 0 Å². The summed E-state index contributed by atoms with van der Waals surface area (Å²) in [4.78, 5) is 23.8. The minimum Gasteiger partial charge on any atom is -0.447 e. The normalized spacial score (nSPS) is 11.4. The highest BCUT2D eigenvalue weighted by Gasteiger charge is 2.18. The number of fused-ring (bicyclic) bond motifs is 1. The SMILES string of the molecule is CCN(C)C(=O)c1coc(CN(CCc2c[nH]c3ccccc23)Cc2cccc(F)c2)n1. The Labute approximate surface area is 186 Å². The minimum atomic E-state index is -0.259. The number of benzene rings is 2. The Morgan fingerprint density at radius 1 is 1.16 bits per heavy atom. The van der Waals surface area contributed by atoms with Crippen LogP contribution in [-0.4, -0.2) is 45.8 Å². The molecule has 0 aliphatic heterocycles. The monoisotopic (exact) mass is 434 g/mol. The van der Waals surface area contributed by atoms with Crippen molar-refractivity contribution in [1.29, 1.82) is 0 Å². The summed E-state index contributed by atoms with van der Waals surface area (Å²) in [6.07, 6.45) is 4.25. The van der Waals surface area contributed by atoms with Gasteiger partial charge in [-0.25, -0.2) is 9.37 Å². The highest BCUT2D eigenvalue weighted by Crippen LogP contribution is 2.20. The molecule has 0 aliphatic rings. The van der Waals surface area contributed by atoms with Crippen molar-refractivity contribution in [2.24, 2.45) is 0 Å². The quantitative estimate of drug-likeness (QED) is 0.417. The Bertz CT molecular complexity index is 1200. The number of aromatic amines is 1. The van der Waals surface area contributed by atoms with E-state index in [9.17, 15) is 9.18 Å². The molecular formula is C25H27FN4O2. The van der Waals surface area contributed by atoms with Gasteiger partial charge in [0.15, 0.2) is 5.69 Å². The van der Waals surface area contributed by atoms with Crippen molar-refractivity contribution in [3.8, 4) is 0 Å². The number of halogens is 1. The van der Waals surface area contributed by atoms with Crippen molar-refractivity contribution < 1.29 is 13.6 Å². The molecule has 2 aromatic carbocycles. The number of nitrogens with zero attached hydrogens (tertiary/aromatic N) is 3. The molecule has 0 saturated carbocycles. The standard InChI is InChI=1S/C25H27FN4O2/c1-3-29(2)25(31)23-17-32-24(28-23)16-30(15-18-7-6-8-20(26)13-18)12-11-19-14-27-22-10-5-4-9-21(19)22/h4-10,13-14,17,27H,3,11-12,15-16H2,1-2H3. The maximum absolute atomic E-state index is 13.7. The van der Waals surface area contributed by atoms with Crippen molar-refractivity contribution in [2.45, 2.75) is 26.4 Å². The predicted octanol–water partition coefficient (Wildman–Crippen LogP) is 4.63. The van der Waals surface area contributed by atoms with Gasteiger partial charge in [-0.05, 0) is 42.7 Å². The fraction of sp³-hybridized carbons (Fsp3) is 0.280. The third-order valence-electron chi connectivity index (χ3n) is 5.62. The number of hydrogen-bond donors (Lipinski definition) is 1. The fourth-order valence-corrected chi connectivity index (χ4v) is 3.74. The molecule has 7 heteroatoms. The lowest BCUT2D eigenvalue weighted by Gasteiger charge is -2.21. The van der Waals surface area contributed by atoms with E-state index in [-0.39, 0.29) is 11.7 Å². The first kappa shape index (κ1) is 21.8. The second kappa shape index (κ2) is 9.78. The van der Waals surface area contributed by atoms with E-state index in [1.54, 1.807) is 24.1 Å². The number of carbonyl (C=O) groups is 1. The first-order chi connectivity index (χ1) is 15.5. The van der Waals surface area contributed by atoms with Crippen molar-refractivity contribution >= 4 is 16.8 Å². The summed E-state index contributed by atoms with van der Waals surface area (Å²) in [7, 11) is 1.73. The van der Waals surface area contributed by atoms with Gasteiger partial charge < -0.3 is 14.3 Å². The highest BCUT2D eigenvalue weighted by atomic mass is 19.1. The van der Waals surface area contributed by atoms with Gasteiger partial charge in [0.25, 0.3) is 5.91 Å². The number of H-pyrrole nitrogens is 1. The lowest BCUT2D eigenvalue weighted by molar-refractivity contribution is 0.0796. The van der Waals surface area contributed by atoms with Gasteiger partial charge in [-0.1, -0.05) is 30.3 Å². The molecule has 166 valence electrons. The van der Waals surface area contributed by atoms with Gasteiger partial charge in [-0.2, -0.15) is 0 Å². The zero-order valence-electron chi connectivity index (χ0n) is 18.3. The van der Waals surface area contributed by atoms with Gasteiger partial charge in [0.05, 0.1) is 6.54 Å². The molecule has 0 saturated heterocycles. The van der Waals surface area contributed by atoms with Crippen molar-refractivity contribution in [1.82, 2.24) is 19.8 Å².